The highest BCUT2D eigenvalue weighted by Gasteiger charge is 2.22. The van der Waals surface area contributed by atoms with Gasteiger partial charge in [-0.2, -0.15) is 0 Å². The monoisotopic (exact) mass is 426 g/mol. The highest BCUT2D eigenvalue weighted by Crippen LogP contribution is 2.20. The van der Waals surface area contributed by atoms with Crippen molar-refractivity contribution >= 4 is 46.6 Å². The third-order valence-corrected chi connectivity index (χ3v) is 4.96. The molecule has 7 nitrogen and oxygen atoms in total. The Kier molecular flexibility index (Phi) is 7.24. The summed E-state index contributed by atoms with van der Waals surface area (Å²) in [6.07, 6.45) is 4.47. The van der Waals surface area contributed by atoms with E-state index in [1.165, 1.54) is 6.08 Å². The van der Waals surface area contributed by atoms with Gasteiger partial charge in [-0.3, -0.25) is 14.9 Å². The summed E-state index contributed by atoms with van der Waals surface area (Å²) in [5, 5.41) is 5.82. The predicted octanol–water partition coefficient (Wildman–Crippen LogP) is 3.11. The van der Waals surface area contributed by atoms with E-state index < -0.39 is 0 Å². The van der Waals surface area contributed by atoms with Crippen LogP contribution in [0.5, 0.6) is 0 Å². The van der Waals surface area contributed by atoms with Crippen LogP contribution in [0.1, 0.15) is 19.6 Å². The van der Waals surface area contributed by atoms with Crippen molar-refractivity contribution < 1.29 is 14.0 Å². The number of carbonyl (C=O) groups excluding carboxylic acids is 2. The number of amides is 2. The van der Waals surface area contributed by atoms with E-state index in [9.17, 15) is 9.59 Å². The van der Waals surface area contributed by atoms with Crippen LogP contribution < -0.4 is 15.5 Å². The van der Waals surface area contributed by atoms with Crippen LogP contribution in [0.2, 0.25) is 0 Å². The largest absolute Gasteiger partial charge is 0.465 e. The van der Waals surface area contributed by atoms with Crippen LogP contribution in [0.4, 0.5) is 11.4 Å². The number of hydrogen-bond donors (Lipinski definition) is 2. The SMILES string of the molecule is CC(C)C(=O)N1CCN(c2ccc(NC(=S)NC(=O)/C=C/c3ccco3)cc2)CC1. The molecule has 1 aromatic heterocycles. The molecule has 30 heavy (non-hydrogen) atoms. The number of rotatable bonds is 5. The number of nitrogens with one attached hydrogen (secondary N) is 2. The summed E-state index contributed by atoms with van der Waals surface area (Å²) in [5.41, 5.74) is 1.88. The first-order valence-electron chi connectivity index (χ1n) is 9.90. The maximum absolute atomic E-state index is 12.1. The zero-order valence-corrected chi connectivity index (χ0v) is 17.9. The fourth-order valence-electron chi connectivity index (χ4n) is 3.17. The van der Waals surface area contributed by atoms with E-state index in [-0.39, 0.29) is 22.8 Å². The van der Waals surface area contributed by atoms with Gasteiger partial charge in [-0.25, -0.2) is 0 Å². The topological polar surface area (TPSA) is 77.8 Å². The average Bonchev–Trinajstić information content (AvgIpc) is 3.26. The molecule has 158 valence electrons. The van der Waals surface area contributed by atoms with Crippen LogP contribution in [0, 0.1) is 5.92 Å². The van der Waals surface area contributed by atoms with Gasteiger partial charge in [0.05, 0.1) is 6.26 Å². The number of furan rings is 1. The first kappa shape index (κ1) is 21.6. The van der Waals surface area contributed by atoms with Gasteiger partial charge in [0.15, 0.2) is 5.11 Å². The van der Waals surface area contributed by atoms with Gasteiger partial charge in [0.2, 0.25) is 11.8 Å². The van der Waals surface area contributed by atoms with Crippen LogP contribution in [0.25, 0.3) is 6.08 Å². The van der Waals surface area contributed by atoms with Gasteiger partial charge in [0.25, 0.3) is 0 Å². The molecule has 1 aromatic carbocycles. The number of carbonyl (C=O) groups is 2. The van der Waals surface area contributed by atoms with Crippen molar-refractivity contribution in [2.75, 3.05) is 36.4 Å². The van der Waals surface area contributed by atoms with E-state index in [0.717, 1.165) is 37.6 Å². The zero-order chi connectivity index (χ0) is 21.5. The Balaban J connectivity index is 1.47. The molecule has 0 bridgehead atoms. The van der Waals surface area contributed by atoms with Gasteiger partial charge >= 0.3 is 0 Å². The molecule has 3 rings (SSSR count). The fourth-order valence-corrected chi connectivity index (χ4v) is 3.38. The number of hydrogen-bond acceptors (Lipinski definition) is 5. The molecule has 0 aliphatic carbocycles. The number of thiocarbonyl (C=S) groups is 1. The third-order valence-electron chi connectivity index (χ3n) is 4.75. The van der Waals surface area contributed by atoms with Gasteiger partial charge in [-0.15, -0.1) is 0 Å². The van der Waals surface area contributed by atoms with Crippen LogP contribution in [0.15, 0.2) is 53.2 Å². The zero-order valence-electron chi connectivity index (χ0n) is 17.1. The molecule has 1 fully saturated rings. The summed E-state index contributed by atoms with van der Waals surface area (Å²) in [6.45, 7) is 6.95. The molecule has 2 N–H and O–H groups in total. The molecule has 2 aromatic rings. The van der Waals surface area contributed by atoms with Gasteiger partial charge in [0.1, 0.15) is 5.76 Å². The normalized spacial score (nSPS) is 14.2. The molecule has 0 unspecified atom stereocenters. The van der Waals surface area contributed by atoms with Crippen molar-refractivity contribution in [1.29, 1.82) is 0 Å². The minimum atomic E-state index is -0.339. The van der Waals surface area contributed by atoms with E-state index in [2.05, 4.69) is 15.5 Å². The Bertz CT molecular complexity index is 899. The molecule has 1 aliphatic heterocycles. The second-order valence-electron chi connectivity index (χ2n) is 7.31. The quantitative estimate of drug-likeness (QED) is 0.565. The second kappa shape index (κ2) is 10.1. The van der Waals surface area contributed by atoms with E-state index in [1.807, 2.05) is 43.0 Å². The van der Waals surface area contributed by atoms with E-state index >= 15 is 0 Å². The van der Waals surface area contributed by atoms with Crippen molar-refractivity contribution in [3.63, 3.8) is 0 Å². The summed E-state index contributed by atoms with van der Waals surface area (Å²) in [4.78, 5) is 28.2. The van der Waals surface area contributed by atoms with Crippen LogP contribution >= 0.6 is 12.2 Å². The van der Waals surface area contributed by atoms with Gasteiger partial charge in [-0.1, -0.05) is 13.8 Å². The molecule has 2 amide bonds. The average molecular weight is 427 g/mol. The van der Waals surface area contributed by atoms with E-state index in [1.54, 1.807) is 24.5 Å². The highest BCUT2D eigenvalue weighted by atomic mass is 32.1. The minimum Gasteiger partial charge on any atom is -0.465 e. The van der Waals surface area contributed by atoms with Crippen molar-refractivity contribution in [1.82, 2.24) is 10.2 Å². The van der Waals surface area contributed by atoms with E-state index in [4.69, 9.17) is 16.6 Å². The maximum atomic E-state index is 12.1. The second-order valence-corrected chi connectivity index (χ2v) is 7.71. The smallest absolute Gasteiger partial charge is 0.250 e. The highest BCUT2D eigenvalue weighted by molar-refractivity contribution is 7.80. The van der Waals surface area contributed by atoms with Gasteiger partial charge < -0.3 is 19.5 Å². The Labute approximate surface area is 181 Å². The van der Waals surface area contributed by atoms with Gasteiger partial charge in [0, 0.05) is 49.5 Å². The van der Waals surface area contributed by atoms with Crippen molar-refractivity contribution in [3.05, 3.63) is 54.5 Å². The Morgan fingerprint density at radius 1 is 1.10 bits per heavy atom. The molecule has 8 heteroatoms. The molecule has 0 atom stereocenters. The Morgan fingerprint density at radius 3 is 2.40 bits per heavy atom. The molecule has 0 radical (unpaired) electrons. The first-order valence-corrected chi connectivity index (χ1v) is 10.3. The third kappa shape index (κ3) is 5.93. The number of nitrogens with zero attached hydrogens (tertiary/aromatic N) is 2. The van der Waals surface area contributed by atoms with Crippen LogP contribution in [-0.4, -0.2) is 48.0 Å². The predicted molar refractivity (Wildman–Crippen MR) is 122 cm³/mol. The van der Waals surface area contributed by atoms with Crippen LogP contribution in [0.3, 0.4) is 0 Å². The molecule has 0 saturated carbocycles. The summed E-state index contributed by atoms with van der Waals surface area (Å²) in [6, 6.07) is 11.3. The molecule has 1 saturated heterocycles. The number of benzene rings is 1. The van der Waals surface area contributed by atoms with Crippen molar-refractivity contribution in [3.8, 4) is 0 Å². The lowest BCUT2D eigenvalue weighted by atomic mass is 10.1. The lowest BCUT2D eigenvalue weighted by molar-refractivity contribution is -0.134. The summed E-state index contributed by atoms with van der Waals surface area (Å²) >= 11 is 5.19. The lowest BCUT2D eigenvalue weighted by Gasteiger charge is -2.37. The summed E-state index contributed by atoms with van der Waals surface area (Å²) in [7, 11) is 0. The summed E-state index contributed by atoms with van der Waals surface area (Å²) < 4.78 is 5.14. The Morgan fingerprint density at radius 2 is 1.80 bits per heavy atom. The number of anilines is 2. The molecule has 2 heterocycles. The van der Waals surface area contributed by atoms with Crippen molar-refractivity contribution in [2.45, 2.75) is 13.8 Å². The summed E-state index contributed by atoms with van der Waals surface area (Å²) in [5.74, 6) is 0.499. The van der Waals surface area contributed by atoms with Crippen molar-refractivity contribution in [2.24, 2.45) is 5.92 Å². The molecular weight excluding hydrogens is 400 g/mol. The van der Waals surface area contributed by atoms with Gasteiger partial charge in [-0.05, 0) is 54.7 Å². The fraction of sp³-hybridized carbons (Fsp3) is 0.318. The minimum absolute atomic E-state index is 0.0341. The molecular formula is C22H26N4O3S. The van der Waals surface area contributed by atoms with E-state index in [0.29, 0.717) is 5.76 Å². The molecule has 0 spiro atoms. The first-order chi connectivity index (χ1) is 14.4. The van der Waals surface area contributed by atoms with Crippen LogP contribution in [-0.2, 0) is 9.59 Å². The standard InChI is InChI=1S/C22H26N4O3S/c1-16(2)21(28)26-13-11-25(12-14-26)18-7-5-17(6-8-18)23-22(30)24-20(27)10-9-19-4-3-15-29-19/h3-10,15-16H,11-14H2,1-2H3,(H2,23,24,27,30)/b10-9+. The maximum Gasteiger partial charge on any atom is 0.250 e. The lowest BCUT2D eigenvalue weighted by Crippen LogP contribution is -2.49. The molecule has 1 aliphatic rings. The Hall–Kier alpha value is -3.13. The number of piperazine rings is 1.